The highest BCUT2D eigenvalue weighted by atomic mass is 16.4. The maximum Gasteiger partial charge on any atom is 0.335 e. The van der Waals surface area contributed by atoms with Crippen LogP contribution >= 0.6 is 0 Å². The number of carboxylic acids is 1. The van der Waals surface area contributed by atoms with Gasteiger partial charge < -0.3 is 10.4 Å². The summed E-state index contributed by atoms with van der Waals surface area (Å²) in [5, 5.41) is 11.6. The first-order chi connectivity index (χ1) is 12.5. The van der Waals surface area contributed by atoms with Crippen LogP contribution in [0.3, 0.4) is 0 Å². The van der Waals surface area contributed by atoms with Gasteiger partial charge in [-0.2, -0.15) is 0 Å². The molecule has 0 radical (unpaired) electrons. The van der Waals surface area contributed by atoms with Crippen molar-refractivity contribution in [3.8, 4) is 0 Å². The molecule has 0 heterocycles. The van der Waals surface area contributed by atoms with E-state index in [1.54, 1.807) is 48.5 Å². The number of rotatable bonds is 5. The van der Waals surface area contributed by atoms with E-state index in [9.17, 15) is 14.4 Å². The molecule has 0 aliphatic heterocycles. The molecule has 26 heavy (non-hydrogen) atoms. The molecule has 0 aliphatic carbocycles. The standard InChI is InChI=1S/C21H15NO4/c23-19(14-4-2-1-3-5-14)15-6-8-16(9-7-15)20(24)22-18-12-10-17(11-13-18)21(25)26/h1-13H,(H,22,24)(H,25,26). The van der Waals surface area contributed by atoms with Crippen LogP contribution in [0, 0.1) is 0 Å². The normalized spacial score (nSPS) is 10.2. The molecular formula is C21H15NO4. The van der Waals surface area contributed by atoms with Crippen molar-refractivity contribution in [2.45, 2.75) is 0 Å². The van der Waals surface area contributed by atoms with E-state index in [0.717, 1.165) is 0 Å². The number of anilines is 1. The Balaban J connectivity index is 1.71. The van der Waals surface area contributed by atoms with Crippen LogP contribution in [0.2, 0.25) is 0 Å². The first-order valence-electron chi connectivity index (χ1n) is 7.89. The molecule has 1 amide bonds. The SMILES string of the molecule is O=C(O)c1ccc(NC(=O)c2ccc(C(=O)c3ccccc3)cc2)cc1. The lowest BCUT2D eigenvalue weighted by atomic mass is 10.0. The van der Waals surface area contributed by atoms with Crippen molar-refractivity contribution >= 4 is 23.3 Å². The Kier molecular flexibility index (Phi) is 4.90. The molecule has 3 aromatic carbocycles. The highest BCUT2D eigenvalue weighted by Gasteiger charge is 2.11. The average Bonchev–Trinajstić information content (AvgIpc) is 2.68. The van der Waals surface area contributed by atoms with Crippen LogP contribution in [0.25, 0.3) is 0 Å². The first kappa shape index (κ1) is 17.1. The Hall–Kier alpha value is -3.73. The number of amides is 1. The first-order valence-corrected chi connectivity index (χ1v) is 7.89. The molecule has 0 saturated heterocycles. The van der Waals surface area contributed by atoms with Crippen LogP contribution in [0.15, 0.2) is 78.9 Å². The molecule has 0 fully saturated rings. The Morgan fingerprint density at radius 2 is 1.12 bits per heavy atom. The third kappa shape index (κ3) is 3.84. The molecule has 0 atom stereocenters. The highest BCUT2D eigenvalue weighted by molar-refractivity contribution is 6.10. The van der Waals surface area contributed by atoms with E-state index in [1.807, 2.05) is 6.07 Å². The van der Waals surface area contributed by atoms with E-state index in [2.05, 4.69) is 5.32 Å². The maximum atomic E-state index is 12.4. The van der Waals surface area contributed by atoms with Gasteiger partial charge in [0.1, 0.15) is 0 Å². The second kappa shape index (κ2) is 7.44. The molecule has 5 heteroatoms. The number of ketones is 1. The summed E-state index contributed by atoms with van der Waals surface area (Å²) in [5.74, 6) is -1.48. The van der Waals surface area contributed by atoms with Gasteiger partial charge in [0.2, 0.25) is 0 Å². The summed E-state index contributed by atoms with van der Waals surface area (Å²) >= 11 is 0. The fraction of sp³-hybridized carbons (Fsp3) is 0. The van der Waals surface area contributed by atoms with E-state index in [4.69, 9.17) is 5.11 Å². The molecule has 0 saturated carbocycles. The largest absolute Gasteiger partial charge is 0.478 e. The topological polar surface area (TPSA) is 83.5 Å². The number of aromatic carboxylic acids is 1. The lowest BCUT2D eigenvalue weighted by Gasteiger charge is -2.07. The minimum absolute atomic E-state index is 0.109. The van der Waals surface area contributed by atoms with Gasteiger partial charge in [0.05, 0.1) is 5.56 Å². The second-order valence-electron chi connectivity index (χ2n) is 5.61. The molecule has 5 nitrogen and oxygen atoms in total. The third-order valence-electron chi connectivity index (χ3n) is 3.83. The van der Waals surface area contributed by atoms with Crippen molar-refractivity contribution in [1.29, 1.82) is 0 Å². The van der Waals surface area contributed by atoms with Gasteiger partial charge in [0.25, 0.3) is 5.91 Å². The van der Waals surface area contributed by atoms with Crippen molar-refractivity contribution in [3.05, 3.63) is 101 Å². The van der Waals surface area contributed by atoms with E-state index >= 15 is 0 Å². The summed E-state index contributed by atoms with van der Waals surface area (Å²) < 4.78 is 0. The van der Waals surface area contributed by atoms with Gasteiger partial charge in [0, 0.05) is 22.4 Å². The Bertz CT molecular complexity index is 946. The van der Waals surface area contributed by atoms with Gasteiger partial charge in [-0.1, -0.05) is 42.5 Å². The number of benzene rings is 3. The molecule has 128 valence electrons. The van der Waals surface area contributed by atoms with E-state index in [-0.39, 0.29) is 17.3 Å². The quantitative estimate of drug-likeness (QED) is 0.688. The zero-order valence-corrected chi connectivity index (χ0v) is 13.7. The molecule has 0 unspecified atom stereocenters. The predicted molar refractivity (Wildman–Crippen MR) is 97.7 cm³/mol. The van der Waals surface area contributed by atoms with Crippen molar-refractivity contribution in [2.75, 3.05) is 5.32 Å². The van der Waals surface area contributed by atoms with Gasteiger partial charge in [-0.25, -0.2) is 4.79 Å². The molecule has 3 aromatic rings. The summed E-state index contributed by atoms with van der Waals surface area (Å²) in [5.41, 5.74) is 2.12. The van der Waals surface area contributed by atoms with Crippen molar-refractivity contribution < 1.29 is 19.5 Å². The fourth-order valence-electron chi connectivity index (χ4n) is 2.43. The van der Waals surface area contributed by atoms with Crippen LogP contribution in [-0.2, 0) is 0 Å². The van der Waals surface area contributed by atoms with Crippen molar-refractivity contribution in [3.63, 3.8) is 0 Å². The maximum absolute atomic E-state index is 12.4. The third-order valence-corrected chi connectivity index (χ3v) is 3.83. The number of carbonyl (C=O) groups excluding carboxylic acids is 2. The van der Waals surface area contributed by atoms with Crippen LogP contribution in [0.5, 0.6) is 0 Å². The number of carbonyl (C=O) groups is 3. The molecular weight excluding hydrogens is 330 g/mol. The molecule has 3 rings (SSSR count). The lowest BCUT2D eigenvalue weighted by molar-refractivity contribution is 0.0696. The van der Waals surface area contributed by atoms with Gasteiger partial charge in [-0.3, -0.25) is 9.59 Å². The number of nitrogens with one attached hydrogen (secondary N) is 1. The summed E-state index contributed by atoms with van der Waals surface area (Å²) in [4.78, 5) is 35.5. The fourth-order valence-corrected chi connectivity index (χ4v) is 2.43. The molecule has 0 bridgehead atoms. The molecule has 0 aromatic heterocycles. The van der Waals surface area contributed by atoms with E-state index < -0.39 is 5.97 Å². The zero-order chi connectivity index (χ0) is 18.5. The summed E-state index contributed by atoms with van der Waals surface area (Å²) in [6.07, 6.45) is 0. The van der Waals surface area contributed by atoms with Crippen LogP contribution < -0.4 is 5.32 Å². The number of carboxylic acid groups (broad SMARTS) is 1. The van der Waals surface area contributed by atoms with Gasteiger partial charge >= 0.3 is 5.97 Å². The summed E-state index contributed by atoms with van der Waals surface area (Å²) in [7, 11) is 0. The van der Waals surface area contributed by atoms with E-state index in [1.165, 1.54) is 24.3 Å². The monoisotopic (exact) mass is 345 g/mol. The second-order valence-corrected chi connectivity index (χ2v) is 5.61. The van der Waals surface area contributed by atoms with Gasteiger partial charge in [-0.15, -0.1) is 0 Å². The minimum atomic E-state index is -1.03. The Morgan fingerprint density at radius 1 is 0.615 bits per heavy atom. The Labute approximate surface area is 149 Å². The van der Waals surface area contributed by atoms with Crippen LogP contribution in [0.1, 0.15) is 36.6 Å². The molecule has 2 N–H and O–H groups in total. The predicted octanol–water partition coefficient (Wildman–Crippen LogP) is 3.87. The summed E-state index contributed by atoms with van der Waals surface area (Å²) in [6.45, 7) is 0. The van der Waals surface area contributed by atoms with Crippen LogP contribution in [0.4, 0.5) is 5.69 Å². The summed E-state index contributed by atoms with van der Waals surface area (Å²) in [6, 6.07) is 21.2. The lowest BCUT2D eigenvalue weighted by Crippen LogP contribution is -2.12. The molecule has 0 spiro atoms. The zero-order valence-electron chi connectivity index (χ0n) is 13.7. The van der Waals surface area contributed by atoms with Crippen LogP contribution in [-0.4, -0.2) is 22.8 Å². The van der Waals surface area contributed by atoms with Crippen molar-refractivity contribution in [2.24, 2.45) is 0 Å². The average molecular weight is 345 g/mol. The smallest absolute Gasteiger partial charge is 0.335 e. The number of hydrogen-bond acceptors (Lipinski definition) is 3. The van der Waals surface area contributed by atoms with Gasteiger partial charge in [0.15, 0.2) is 5.78 Å². The minimum Gasteiger partial charge on any atom is -0.478 e. The molecule has 0 aliphatic rings. The number of hydrogen-bond donors (Lipinski definition) is 2. The Morgan fingerprint density at radius 3 is 1.69 bits per heavy atom. The van der Waals surface area contributed by atoms with E-state index in [0.29, 0.717) is 22.4 Å². The van der Waals surface area contributed by atoms with Gasteiger partial charge in [-0.05, 0) is 36.4 Å². The van der Waals surface area contributed by atoms with Crippen molar-refractivity contribution in [1.82, 2.24) is 0 Å². The highest BCUT2D eigenvalue weighted by Crippen LogP contribution is 2.14.